The van der Waals surface area contributed by atoms with E-state index in [4.69, 9.17) is 9.47 Å². The molecule has 134 valence electrons. The summed E-state index contributed by atoms with van der Waals surface area (Å²) in [6.07, 6.45) is 6.56. The predicted octanol–water partition coefficient (Wildman–Crippen LogP) is 2.72. The second-order valence-electron chi connectivity index (χ2n) is 7.63. The van der Waals surface area contributed by atoms with Crippen LogP contribution < -0.4 is 10.1 Å². The number of piperidine rings is 1. The molecule has 1 N–H and O–H groups in total. The van der Waals surface area contributed by atoms with Gasteiger partial charge in [0.25, 0.3) is 0 Å². The average molecular weight is 341 g/mol. The Morgan fingerprint density at radius 3 is 2.92 bits per heavy atom. The summed E-state index contributed by atoms with van der Waals surface area (Å²) >= 11 is 0. The molecule has 25 heavy (non-hydrogen) atoms. The van der Waals surface area contributed by atoms with Crippen LogP contribution >= 0.6 is 0 Å². The number of hydrogen-bond acceptors (Lipinski definition) is 4. The van der Waals surface area contributed by atoms with E-state index in [0.29, 0.717) is 18.6 Å². The van der Waals surface area contributed by atoms with E-state index in [2.05, 4.69) is 24.0 Å². The Labute approximate surface area is 149 Å². The van der Waals surface area contributed by atoms with Gasteiger partial charge in [0.2, 0.25) is 0 Å². The second kappa shape index (κ2) is 5.96. The van der Waals surface area contributed by atoms with Crippen LogP contribution in [0, 0.1) is 0 Å². The van der Waals surface area contributed by atoms with E-state index >= 15 is 0 Å². The van der Waals surface area contributed by atoms with Crippen molar-refractivity contribution >= 4 is 5.78 Å². The van der Waals surface area contributed by atoms with Crippen molar-refractivity contribution in [2.45, 2.75) is 55.6 Å². The molecular formula is C21H27NO3. The molecule has 4 nitrogen and oxygen atoms in total. The standard InChI is InChI=1S/C21H27NO3/c1-4-5-14-6-7-17(24-2)19-16(14)12-18-21(25-3)9-8-15(23)13-20(19,21)10-11-22-18/h4,6-7,18,22H,1,5,8-13H2,2-3H3/t18-,20-,21?/m1/s1. The van der Waals surface area contributed by atoms with E-state index in [1.807, 2.05) is 13.2 Å². The van der Waals surface area contributed by atoms with Crippen LogP contribution in [0.3, 0.4) is 0 Å². The fourth-order valence-corrected chi connectivity index (χ4v) is 5.82. The van der Waals surface area contributed by atoms with Crippen LogP contribution in [0.4, 0.5) is 0 Å². The molecule has 4 heteroatoms. The largest absolute Gasteiger partial charge is 0.496 e. The molecule has 1 aromatic rings. The van der Waals surface area contributed by atoms with Crippen LogP contribution in [0.5, 0.6) is 5.75 Å². The van der Waals surface area contributed by atoms with Gasteiger partial charge in [-0.25, -0.2) is 0 Å². The summed E-state index contributed by atoms with van der Waals surface area (Å²) in [6.45, 7) is 4.83. The number of ether oxygens (including phenoxy) is 2. The number of carbonyl (C=O) groups excluding carboxylic acids is 1. The van der Waals surface area contributed by atoms with Crippen molar-refractivity contribution < 1.29 is 14.3 Å². The van der Waals surface area contributed by atoms with Gasteiger partial charge in [-0.15, -0.1) is 6.58 Å². The molecule has 1 aromatic carbocycles. The Morgan fingerprint density at radius 1 is 1.36 bits per heavy atom. The molecule has 2 fully saturated rings. The van der Waals surface area contributed by atoms with Crippen molar-refractivity contribution in [2.75, 3.05) is 20.8 Å². The normalized spacial score (nSPS) is 33.4. The van der Waals surface area contributed by atoms with E-state index in [9.17, 15) is 4.79 Å². The molecule has 0 aromatic heterocycles. The zero-order chi connectivity index (χ0) is 17.7. The number of carbonyl (C=O) groups is 1. The highest BCUT2D eigenvalue weighted by atomic mass is 16.5. The molecule has 1 unspecified atom stereocenters. The molecule has 0 spiro atoms. The Bertz CT molecular complexity index is 728. The van der Waals surface area contributed by atoms with Crippen molar-refractivity contribution in [3.05, 3.63) is 41.5 Å². The summed E-state index contributed by atoms with van der Waals surface area (Å²) in [5.74, 6) is 1.25. The molecule has 3 atom stereocenters. The van der Waals surface area contributed by atoms with Gasteiger partial charge in [-0.1, -0.05) is 12.1 Å². The lowest BCUT2D eigenvalue weighted by molar-refractivity contribution is -0.161. The summed E-state index contributed by atoms with van der Waals surface area (Å²) in [6, 6.07) is 4.45. The van der Waals surface area contributed by atoms with E-state index in [1.54, 1.807) is 7.11 Å². The van der Waals surface area contributed by atoms with E-state index in [0.717, 1.165) is 38.0 Å². The fourth-order valence-electron chi connectivity index (χ4n) is 5.82. The number of Topliss-reactive ketones (excluding diaryl/α,β-unsaturated/α-hetero) is 1. The van der Waals surface area contributed by atoms with Gasteiger partial charge in [-0.05, 0) is 49.4 Å². The summed E-state index contributed by atoms with van der Waals surface area (Å²) in [5, 5.41) is 3.70. The smallest absolute Gasteiger partial charge is 0.134 e. The monoisotopic (exact) mass is 341 g/mol. The molecule has 0 amide bonds. The lowest BCUT2D eigenvalue weighted by Gasteiger charge is -2.62. The first-order chi connectivity index (χ1) is 12.1. The van der Waals surface area contributed by atoms with Crippen molar-refractivity contribution in [3.8, 4) is 5.75 Å². The van der Waals surface area contributed by atoms with Crippen LogP contribution in [0.15, 0.2) is 24.8 Å². The SMILES string of the molecule is C=CCc1ccc(OC)c2c1C[C@H]1NCC[C@@]23CC(=O)CCC13OC. The van der Waals surface area contributed by atoms with Gasteiger partial charge in [0.15, 0.2) is 0 Å². The quantitative estimate of drug-likeness (QED) is 0.856. The molecule has 2 aliphatic carbocycles. The van der Waals surface area contributed by atoms with Gasteiger partial charge >= 0.3 is 0 Å². The third-order valence-corrected chi connectivity index (χ3v) is 6.80. The number of benzene rings is 1. The van der Waals surface area contributed by atoms with E-state index < -0.39 is 0 Å². The molecular weight excluding hydrogens is 314 g/mol. The number of allylic oxidation sites excluding steroid dienone is 1. The first-order valence-corrected chi connectivity index (χ1v) is 9.22. The predicted molar refractivity (Wildman–Crippen MR) is 97.3 cm³/mol. The van der Waals surface area contributed by atoms with E-state index in [1.165, 1.54) is 16.7 Å². The summed E-state index contributed by atoms with van der Waals surface area (Å²) in [5.41, 5.74) is 3.23. The van der Waals surface area contributed by atoms with Crippen molar-refractivity contribution in [3.63, 3.8) is 0 Å². The third kappa shape index (κ3) is 2.10. The molecule has 3 aliphatic rings. The number of fused-ring (bicyclic) bond motifs is 1. The van der Waals surface area contributed by atoms with Crippen molar-refractivity contribution in [2.24, 2.45) is 0 Å². The Balaban J connectivity index is 2.02. The number of hydrogen-bond donors (Lipinski definition) is 1. The van der Waals surface area contributed by atoms with Gasteiger partial charge < -0.3 is 14.8 Å². The van der Waals surface area contributed by atoms with Crippen LogP contribution in [-0.4, -0.2) is 38.2 Å². The number of methoxy groups -OCH3 is 2. The zero-order valence-corrected chi connectivity index (χ0v) is 15.2. The third-order valence-electron chi connectivity index (χ3n) is 6.80. The van der Waals surface area contributed by atoms with Crippen LogP contribution in [-0.2, 0) is 27.8 Å². The minimum absolute atomic E-state index is 0.238. The second-order valence-corrected chi connectivity index (χ2v) is 7.63. The van der Waals surface area contributed by atoms with Gasteiger partial charge in [-0.3, -0.25) is 4.79 Å². The zero-order valence-electron chi connectivity index (χ0n) is 15.2. The van der Waals surface area contributed by atoms with Crippen LogP contribution in [0.1, 0.15) is 42.4 Å². The lowest BCUT2D eigenvalue weighted by atomic mass is 9.49. The lowest BCUT2D eigenvalue weighted by Crippen LogP contribution is -2.73. The minimum Gasteiger partial charge on any atom is -0.496 e. The highest BCUT2D eigenvalue weighted by Gasteiger charge is 2.65. The topological polar surface area (TPSA) is 47.6 Å². The number of nitrogens with one attached hydrogen (secondary N) is 1. The first-order valence-electron chi connectivity index (χ1n) is 9.22. The minimum atomic E-state index is -0.327. The summed E-state index contributed by atoms with van der Waals surface area (Å²) in [7, 11) is 3.54. The summed E-state index contributed by atoms with van der Waals surface area (Å²) in [4.78, 5) is 12.6. The van der Waals surface area contributed by atoms with Gasteiger partial charge in [0.1, 0.15) is 11.5 Å². The molecule has 1 aliphatic heterocycles. The Kier molecular flexibility index (Phi) is 4.00. The highest BCUT2D eigenvalue weighted by Crippen LogP contribution is 2.59. The maximum atomic E-state index is 12.6. The fraction of sp³-hybridized carbons (Fsp3) is 0.571. The van der Waals surface area contributed by atoms with Crippen LogP contribution in [0.2, 0.25) is 0 Å². The van der Waals surface area contributed by atoms with Crippen molar-refractivity contribution in [1.82, 2.24) is 5.32 Å². The van der Waals surface area contributed by atoms with Crippen LogP contribution in [0.25, 0.3) is 0 Å². The average Bonchev–Trinajstić information content (AvgIpc) is 2.61. The van der Waals surface area contributed by atoms with Gasteiger partial charge in [0, 0.05) is 37.0 Å². The maximum Gasteiger partial charge on any atom is 0.134 e. The molecule has 1 saturated heterocycles. The summed E-state index contributed by atoms with van der Waals surface area (Å²) < 4.78 is 12.0. The Morgan fingerprint density at radius 2 is 2.20 bits per heavy atom. The first kappa shape index (κ1) is 16.8. The number of ketones is 1. The van der Waals surface area contributed by atoms with Gasteiger partial charge in [0.05, 0.1) is 12.7 Å². The molecule has 4 rings (SSSR count). The molecule has 2 bridgehead atoms. The van der Waals surface area contributed by atoms with E-state index in [-0.39, 0.29) is 17.1 Å². The highest BCUT2D eigenvalue weighted by molar-refractivity contribution is 5.83. The van der Waals surface area contributed by atoms with Crippen molar-refractivity contribution in [1.29, 1.82) is 0 Å². The Hall–Kier alpha value is -1.65. The maximum absolute atomic E-state index is 12.6. The molecule has 1 heterocycles. The number of rotatable bonds is 4. The molecule has 1 saturated carbocycles. The van der Waals surface area contributed by atoms with Gasteiger partial charge in [-0.2, -0.15) is 0 Å². The molecule has 0 radical (unpaired) electrons.